The van der Waals surface area contributed by atoms with E-state index in [0.717, 1.165) is 19.3 Å². The van der Waals surface area contributed by atoms with E-state index in [1.807, 2.05) is 6.92 Å². The third kappa shape index (κ3) is 6.44. The van der Waals surface area contributed by atoms with Crippen molar-refractivity contribution in [2.75, 3.05) is 13.2 Å². The van der Waals surface area contributed by atoms with E-state index >= 15 is 0 Å². The molecule has 1 heterocycles. The molecule has 0 bridgehead atoms. The fourth-order valence-electron chi connectivity index (χ4n) is 3.11. The van der Waals surface area contributed by atoms with Crippen LogP contribution in [0, 0.1) is 5.82 Å². The van der Waals surface area contributed by atoms with Crippen molar-refractivity contribution in [2.45, 2.75) is 32.2 Å². The molecule has 182 valence electrons. The SMILES string of the molecule is CCCO/N=C(\COc1cc(C(=O)O)cc(C(=O)NC2CC2)c1)c1cc(-c2ccc(F)cc2)no1. The van der Waals surface area contributed by atoms with Gasteiger partial charge in [-0.05, 0) is 61.7 Å². The third-order valence-electron chi connectivity index (χ3n) is 5.11. The topological polar surface area (TPSA) is 123 Å². The lowest BCUT2D eigenvalue weighted by atomic mass is 10.1. The van der Waals surface area contributed by atoms with Crippen molar-refractivity contribution in [1.82, 2.24) is 10.5 Å². The van der Waals surface area contributed by atoms with Crippen LogP contribution in [0.15, 0.2) is 58.2 Å². The second-order valence-corrected chi connectivity index (χ2v) is 8.04. The van der Waals surface area contributed by atoms with Gasteiger partial charge in [-0.25, -0.2) is 9.18 Å². The van der Waals surface area contributed by atoms with Crippen molar-refractivity contribution in [2.24, 2.45) is 5.16 Å². The molecule has 0 saturated heterocycles. The van der Waals surface area contributed by atoms with Crippen LogP contribution in [-0.4, -0.2) is 47.1 Å². The Bertz CT molecular complexity index is 1230. The van der Waals surface area contributed by atoms with Crippen LogP contribution >= 0.6 is 0 Å². The number of aromatic nitrogens is 1. The number of ether oxygens (including phenoxy) is 1. The highest BCUT2D eigenvalue weighted by atomic mass is 19.1. The number of carbonyl (C=O) groups excluding carboxylic acids is 1. The highest BCUT2D eigenvalue weighted by Gasteiger charge is 2.25. The van der Waals surface area contributed by atoms with Crippen LogP contribution in [0.25, 0.3) is 11.3 Å². The van der Waals surface area contributed by atoms with Crippen molar-refractivity contribution >= 4 is 17.6 Å². The van der Waals surface area contributed by atoms with Gasteiger partial charge in [0.1, 0.15) is 30.5 Å². The summed E-state index contributed by atoms with van der Waals surface area (Å²) in [5.74, 6) is -1.47. The summed E-state index contributed by atoms with van der Waals surface area (Å²) in [5.41, 5.74) is 1.49. The van der Waals surface area contributed by atoms with Gasteiger partial charge >= 0.3 is 5.97 Å². The van der Waals surface area contributed by atoms with Gasteiger partial charge in [-0.3, -0.25) is 4.79 Å². The van der Waals surface area contributed by atoms with Gasteiger partial charge in [0.15, 0.2) is 11.5 Å². The number of oxime groups is 1. The molecular formula is C25H24FN3O6. The molecule has 0 aliphatic heterocycles. The first-order chi connectivity index (χ1) is 16.9. The number of carboxylic acids is 1. The van der Waals surface area contributed by atoms with Crippen LogP contribution in [0.3, 0.4) is 0 Å². The van der Waals surface area contributed by atoms with Crippen LogP contribution in [0.1, 0.15) is 52.7 Å². The zero-order chi connectivity index (χ0) is 24.8. The summed E-state index contributed by atoms with van der Waals surface area (Å²) in [6.45, 7) is 2.15. The maximum absolute atomic E-state index is 13.2. The van der Waals surface area contributed by atoms with Crippen LogP contribution in [0.2, 0.25) is 0 Å². The number of carbonyl (C=O) groups is 2. The van der Waals surface area contributed by atoms with Crippen LogP contribution in [-0.2, 0) is 4.84 Å². The number of benzene rings is 2. The minimum absolute atomic E-state index is 0.0811. The van der Waals surface area contributed by atoms with Crippen molar-refractivity contribution in [1.29, 1.82) is 0 Å². The third-order valence-corrected chi connectivity index (χ3v) is 5.11. The Labute approximate surface area is 200 Å². The Kier molecular flexibility index (Phi) is 7.39. The molecule has 4 rings (SSSR count). The molecule has 2 aromatic carbocycles. The largest absolute Gasteiger partial charge is 0.487 e. The fraction of sp³-hybridized carbons (Fsp3) is 0.280. The van der Waals surface area contributed by atoms with Crippen molar-refractivity contribution in [3.8, 4) is 17.0 Å². The predicted octanol–water partition coefficient (Wildman–Crippen LogP) is 4.28. The van der Waals surface area contributed by atoms with Gasteiger partial charge in [0.05, 0.1) is 5.56 Å². The van der Waals surface area contributed by atoms with E-state index < -0.39 is 5.97 Å². The maximum atomic E-state index is 13.2. The lowest BCUT2D eigenvalue weighted by molar-refractivity contribution is 0.0696. The lowest BCUT2D eigenvalue weighted by Crippen LogP contribution is -2.25. The van der Waals surface area contributed by atoms with Gasteiger partial charge in [-0.15, -0.1) is 0 Å². The second-order valence-electron chi connectivity index (χ2n) is 8.04. The summed E-state index contributed by atoms with van der Waals surface area (Å²) in [6, 6.07) is 11.6. The van der Waals surface area contributed by atoms with Gasteiger partial charge in [0, 0.05) is 23.2 Å². The number of hydrogen-bond donors (Lipinski definition) is 2. The first kappa shape index (κ1) is 23.9. The molecule has 1 aliphatic carbocycles. The summed E-state index contributed by atoms with van der Waals surface area (Å²) in [7, 11) is 0. The lowest BCUT2D eigenvalue weighted by Gasteiger charge is -2.10. The molecule has 0 spiro atoms. The molecule has 9 nitrogen and oxygen atoms in total. The minimum Gasteiger partial charge on any atom is -0.487 e. The Balaban J connectivity index is 1.55. The van der Waals surface area contributed by atoms with Crippen LogP contribution in [0.5, 0.6) is 5.75 Å². The van der Waals surface area contributed by atoms with E-state index in [4.69, 9.17) is 14.1 Å². The summed E-state index contributed by atoms with van der Waals surface area (Å²) < 4.78 is 24.4. The molecule has 10 heteroatoms. The highest BCUT2D eigenvalue weighted by Crippen LogP contribution is 2.23. The summed E-state index contributed by atoms with van der Waals surface area (Å²) in [4.78, 5) is 29.3. The standard InChI is InChI=1S/C25H24FN3O6/c1-2-9-34-28-22(23-13-21(29-35-23)15-3-5-18(26)6-4-15)14-33-20-11-16(10-17(12-20)25(31)32)24(30)27-19-7-8-19/h3-6,10-13,19H,2,7-9,14H2,1H3,(H,27,30)(H,31,32)/b28-22+. The molecule has 3 aromatic rings. The summed E-state index contributed by atoms with van der Waals surface area (Å²) in [6.07, 6.45) is 2.54. The minimum atomic E-state index is -1.18. The number of halogens is 1. The molecule has 0 atom stereocenters. The van der Waals surface area contributed by atoms with E-state index in [2.05, 4.69) is 15.6 Å². The zero-order valence-corrected chi connectivity index (χ0v) is 19.0. The normalized spacial score (nSPS) is 13.4. The van der Waals surface area contributed by atoms with Gasteiger partial charge in [0.25, 0.3) is 5.91 Å². The molecule has 2 N–H and O–H groups in total. The smallest absolute Gasteiger partial charge is 0.335 e. The average Bonchev–Trinajstić information content (AvgIpc) is 3.53. The van der Waals surface area contributed by atoms with Gasteiger partial charge in [-0.1, -0.05) is 17.2 Å². The van der Waals surface area contributed by atoms with Gasteiger partial charge in [0.2, 0.25) is 0 Å². The summed E-state index contributed by atoms with van der Waals surface area (Å²) >= 11 is 0. The molecule has 0 radical (unpaired) electrons. The number of aromatic carboxylic acids is 1. The maximum Gasteiger partial charge on any atom is 0.335 e. The van der Waals surface area contributed by atoms with Gasteiger partial charge in [-0.2, -0.15) is 0 Å². The first-order valence-corrected chi connectivity index (χ1v) is 11.2. The molecule has 1 saturated carbocycles. The van der Waals surface area contributed by atoms with E-state index in [1.165, 1.54) is 30.3 Å². The number of nitrogens with one attached hydrogen (secondary N) is 1. The van der Waals surface area contributed by atoms with E-state index in [9.17, 15) is 19.1 Å². The molecule has 35 heavy (non-hydrogen) atoms. The van der Waals surface area contributed by atoms with Crippen molar-refractivity contribution < 1.29 is 33.2 Å². The molecule has 1 amide bonds. The molecule has 1 fully saturated rings. The Hall–Kier alpha value is -4.21. The molecule has 1 aromatic heterocycles. The number of rotatable bonds is 11. The number of carboxylic acid groups (broad SMARTS) is 1. The zero-order valence-electron chi connectivity index (χ0n) is 19.0. The molecule has 1 aliphatic rings. The van der Waals surface area contributed by atoms with E-state index in [-0.39, 0.29) is 52.7 Å². The molecular weight excluding hydrogens is 457 g/mol. The van der Waals surface area contributed by atoms with Crippen molar-refractivity contribution in [3.05, 3.63) is 71.2 Å². The Morgan fingerprint density at radius 3 is 2.60 bits per heavy atom. The highest BCUT2D eigenvalue weighted by molar-refractivity contribution is 6.00. The van der Waals surface area contributed by atoms with Crippen LogP contribution in [0.4, 0.5) is 4.39 Å². The number of amides is 1. The molecule has 0 unspecified atom stereocenters. The van der Waals surface area contributed by atoms with Crippen LogP contribution < -0.4 is 10.1 Å². The second kappa shape index (κ2) is 10.8. The number of nitrogens with zero attached hydrogens (tertiary/aromatic N) is 2. The van der Waals surface area contributed by atoms with E-state index in [0.29, 0.717) is 17.9 Å². The fourth-order valence-corrected chi connectivity index (χ4v) is 3.11. The van der Waals surface area contributed by atoms with Crippen molar-refractivity contribution in [3.63, 3.8) is 0 Å². The van der Waals surface area contributed by atoms with Gasteiger partial charge < -0.3 is 24.5 Å². The Morgan fingerprint density at radius 2 is 1.91 bits per heavy atom. The number of hydrogen-bond acceptors (Lipinski definition) is 7. The quantitative estimate of drug-likeness (QED) is 0.238. The summed E-state index contributed by atoms with van der Waals surface area (Å²) in [5, 5.41) is 20.4. The first-order valence-electron chi connectivity index (χ1n) is 11.2. The predicted molar refractivity (Wildman–Crippen MR) is 124 cm³/mol. The van der Waals surface area contributed by atoms with E-state index in [1.54, 1.807) is 18.2 Å². The Morgan fingerprint density at radius 1 is 1.17 bits per heavy atom. The monoisotopic (exact) mass is 481 g/mol. The average molecular weight is 481 g/mol.